The average Bonchev–Trinajstić information content (AvgIpc) is 2.69. The maximum absolute atomic E-state index is 13.0. The van der Waals surface area contributed by atoms with Gasteiger partial charge in [-0.1, -0.05) is 54.1 Å². The molecular formula is C22H15ClN2O2S. The number of halogens is 1. The number of anilines is 2. The minimum atomic E-state index is -0.200. The number of fused-ring (bicyclic) bond motifs is 2. The van der Waals surface area contributed by atoms with Gasteiger partial charge in [-0.3, -0.25) is 9.59 Å². The average molecular weight is 407 g/mol. The molecule has 0 atom stereocenters. The van der Waals surface area contributed by atoms with Gasteiger partial charge in [0.15, 0.2) is 16.7 Å². The molecule has 138 valence electrons. The molecule has 0 spiro atoms. The minimum absolute atomic E-state index is 0.168. The number of aryl methyl sites for hydroxylation is 1. The lowest BCUT2D eigenvalue weighted by Crippen LogP contribution is -2.25. The molecule has 0 radical (unpaired) electrons. The fourth-order valence-corrected chi connectivity index (χ4v) is 3.61. The lowest BCUT2D eigenvalue weighted by Gasteiger charge is -2.21. The van der Waals surface area contributed by atoms with Crippen molar-refractivity contribution in [2.75, 3.05) is 10.6 Å². The SMILES string of the molecule is Cc1ccc(NC(=S)Nc2cccc3c2C(=O)c2ccccc2C3=O)cc1Cl. The van der Waals surface area contributed by atoms with E-state index >= 15 is 0 Å². The lowest BCUT2D eigenvalue weighted by molar-refractivity contribution is 0.0979. The maximum atomic E-state index is 13.0. The number of benzene rings is 3. The fourth-order valence-electron chi connectivity index (χ4n) is 3.20. The number of hydrogen-bond donors (Lipinski definition) is 2. The molecule has 28 heavy (non-hydrogen) atoms. The minimum Gasteiger partial charge on any atom is -0.332 e. The monoisotopic (exact) mass is 406 g/mol. The summed E-state index contributed by atoms with van der Waals surface area (Å²) in [5.41, 5.74) is 3.70. The first-order chi connectivity index (χ1) is 13.5. The van der Waals surface area contributed by atoms with Gasteiger partial charge in [0.1, 0.15) is 0 Å². The van der Waals surface area contributed by atoms with Crippen LogP contribution in [0, 0.1) is 6.92 Å². The number of ketones is 2. The molecule has 0 amide bonds. The predicted octanol–water partition coefficient (Wildman–Crippen LogP) is 5.23. The van der Waals surface area contributed by atoms with Gasteiger partial charge in [-0.05, 0) is 42.9 Å². The molecule has 0 bridgehead atoms. The van der Waals surface area contributed by atoms with Gasteiger partial charge in [-0.25, -0.2) is 0 Å². The van der Waals surface area contributed by atoms with Crippen LogP contribution in [0.2, 0.25) is 5.02 Å². The topological polar surface area (TPSA) is 58.2 Å². The van der Waals surface area contributed by atoms with E-state index in [2.05, 4.69) is 10.6 Å². The highest BCUT2D eigenvalue weighted by Crippen LogP contribution is 2.32. The first-order valence-corrected chi connectivity index (χ1v) is 9.40. The highest BCUT2D eigenvalue weighted by Gasteiger charge is 2.31. The van der Waals surface area contributed by atoms with E-state index in [-0.39, 0.29) is 11.6 Å². The van der Waals surface area contributed by atoms with E-state index in [1.54, 1.807) is 48.5 Å². The second-order valence-electron chi connectivity index (χ2n) is 6.48. The molecule has 0 aromatic heterocycles. The van der Waals surface area contributed by atoms with Crippen LogP contribution in [0.25, 0.3) is 0 Å². The van der Waals surface area contributed by atoms with Gasteiger partial charge < -0.3 is 10.6 Å². The third-order valence-corrected chi connectivity index (χ3v) is 5.24. The normalized spacial score (nSPS) is 12.2. The van der Waals surface area contributed by atoms with Crippen molar-refractivity contribution < 1.29 is 9.59 Å². The third kappa shape index (κ3) is 3.19. The van der Waals surface area contributed by atoms with E-state index in [1.165, 1.54) is 0 Å². The van der Waals surface area contributed by atoms with Crippen molar-refractivity contribution in [3.05, 3.63) is 93.5 Å². The highest BCUT2D eigenvalue weighted by molar-refractivity contribution is 7.80. The Morgan fingerprint density at radius 1 is 0.857 bits per heavy atom. The summed E-state index contributed by atoms with van der Waals surface area (Å²) in [6.07, 6.45) is 0. The second-order valence-corrected chi connectivity index (χ2v) is 7.29. The van der Waals surface area contributed by atoms with Gasteiger partial charge in [0.25, 0.3) is 0 Å². The second kappa shape index (κ2) is 7.19. The van der Waals surface area contributed by atoms with Crippen molar-refractivity contribution in [2.24, 2.45) is 0 Å². The molecule has 0 saturated carbocycles. The van der Waals surface area contributed by atoms with E-state index < -0.39 is 0 Å². The van der Waals surface area contributed by atoms with Gasteiger partial charge >= 0.3 is 0 Å². The molecule has 2 N–H and O–H groups in total. The van der Waals surface area contributed by atoms with Crippen LogP contribution in [0.4, 0.5) is 11.4 Å². The number of nitrogens with one attached hydrogen (secondary N) is 2. The molecule has 4 rings (SSSR count). The number of rotatable bonds is 2. The van der Waals surface area contributed by atoms with Gasteiger partial charge in [0.2, 0.25) is 0 Å². The van der Waals surface area contributed by atoms with Crippen molar-refractivity contribution in [3.63, 3.8) is 0 Å². The van der Waals surface area contributed by atoms with Crippen LogP contribution in [0.15, 0.2) is 60.7 Å². The summed E-state index contributed by atoms with van der Waals surface area (Å²) >= 11 is 11.5. The van der Waals surface area contributed by atoms with Crippen LogP contribution in [-0.2, 0) is 0 Å². The van der Waals surface area contributed by atoms with E-state index in [4.69, 9.17) is 23.8 Å². The number of hydrogen-bond acceptors (Lipinski definition) is 3. The van der Waals surface area contributed by atoms with Crippen molar-refractivity contribution >= 4 is 51.9 Å². The maximum Gasteiger partial charge on any atom is 0.196 e. The molecule has 0 heterocycles. The molecule has 0 unspecified atom stereocenters. The largest absolute Gasteiger partial charge is 0.332 e. The summed E-state index contributed by atoms with van der Waals surface area (Å²) in [6.45, 7) is 1.92. The van der Waals surface area contributed by atoms with Crippen LogP contribution >= 0.6 is 23.8 Å². The Labute approximate surface area is 172 Å². The Morgan fingerprint density at radius 3 is 2.25 bits per heavy atom. The van der Waals surface area contributed by atoms with Crippen LogP contribution < -0.4 is 10.6 Å². The molecule has 1 aliphatic carbocycles. The molecule has 0 saturated heterocycles. The van der Waals surface area contributed by atoms with Crippen molar-refractivity contribution in [1.82, 2.24) is 0 Å². The molecular weight excluding hydrogens is 392 g/mol. The van der Waals surface area contributed by atoms with Crippen molar-refractivity contribution in [2.45, 2.75) is 6.92 Å². The summed E-state index contributed by atoms with van der Waals surface area (Å²) in [5.74, 6) is -0.368. The summed E-state index contributed by atoms with van der Waals surface area (Å²) in [6, 6.07) is 17.5. The Bertz CT molecular complexity index is 1160. The predicted molar refractivity (Wildman–Crippen MR) is 116 cm³/mol. The smallest absolute Gasteiger partial charge is 0.196 e. The van der Waals surface area contributed by atoms with Crippen molar-refractivity contribution in [1.29, 1.82) is 0 Å². The molecule has 1 aliphatic rings. The van der Waals surface area contributed by atoms with Crippen molar-refractivity contribution in [3.8, 4) is 0 Å². The van der Waals surface area contributed by atoms with Crippen LogP contribution in [0.5, 0.6) is 0 Å². The molecule has 0 aliphatic heterocycles. The molecule has 6 heteroatoms. The van der Waals surface area contributed by atoms with E-state index in [9.17, 15) is 9.59 Å². The Morgan fingerprint density at radius 2 is 1.54 bits per heavy atom. The standard InChI is InChI=1S/C22H15ClN2O2S/c1-12-9-10-13(11-17(12)23)24-22(28)25-18-8-4-7-16-19(18)21(27)15-6-3-2-5-14(15)20(16)26/h2-11H,1H3,(H2,24,25,28). The zero-order valence-corrected chi connectivity index (χ0v) is 16.4. The Balaban J connectivity index is 1.65. The summed E-state index contributed by atoms with van der Waals surface area (Å²) < 4.78 is 0. The lowest BCUT2D eigenvalue weighted by atomic mass is 9.83. The number of carbonyl (C=O) groups excluding carboxylic acids is 2. The first kappa shape index (κ1) is 18.3. The fraction of sp³-hybridized carbons (Fsp3) is 0.0455. The van der Waals surface area contributed by atoms with Gasteiger partial charge in [-0.15, -0.1) is 0 Å². The summed E-state index contributed by atoms with van der Waals surface area (Å²) in [7, 11) is 0. The zero-order chi connectivity index (χ0) is 19.8. The van der Waals surface area contributed by atoms with E-state index in [1.807, 2.05) is 19.1 Å². The Kier molecular flexibility index (Phi) is 4.71. The third-order valence-electron chi connectivity index (χ3n) is 4.63. The molecule has 3 aromatic rings. The van der Waals surface area contributed by atoms with Crippen LogP contribution in [0.1, 0.15) is 37.4 Å². The van der Waals surface area contributed by atoms with E-state index in [0.717, 1.165) is 11.3 Å². The first-order valence-electron chi connectivity index (χ1n) is 8.61. The van der Waals surface area contributed by atoms with Gasteiger partial charge in [-0.2, -0.15) is 0 Å². The summed E-state index contributed by atoms with van der Waals surface area (Å²) in [4.78, 5) is 25.8. The molecule has 3 aromatic carbocycles. The number of carbonyl (C=O) groups is 2. The summed E-state index contributed by atoms with van der Waals surface area (Å²) in [5, 5.41) is 7.01. The molecule has 4 nitrogen and oxygen atoms in total. The zero-order valence-electron chi connectivity index (χ0n) is 14.9. The van der Waals surface area contributed by atoms with Gasteiger partial charge in [0.05, 0.1) is 11.3 Å². The highest BCUT2D eigenvalue weighted by atomic mass is 35.5. The van der Waals surface area contributed by atoms with Crippen LogP contribution in [0.3, 0.4) is 0 Å². The van der Waals surface area contributed by atoms with Crippen LogP contribution in [-0.4, -0.2) is 16.7 Å². The molecule has 0 fully saturated rings. The Hall–Kier alpha value is -3.02. The van der Waals surface area contributed by atoms with Gasteiger partial charge in [0, 0.05) is 27.4 Å². The van der Waals surface area contributed by atoms with E-state index in [0.29, 0.717) is 38.1 Å². The quantitative estimate of drug-likeness (QED) is 0.446. The number of thiocarbonyl (C=S) groups is 1.